The molecule has 1 saturated heterocycles. The number of rotatable bonds is 3. The minimum absolute atomic E-state index is 0.298. The third-order valence-electron chi connectivity index (χ3n) is 4.44. The van der Waals surface area contributed by atoms with Crippen LogP contribution in [0.2, 0.25) is 0 Å². The summed E-state index contributed by atoms with van der Waals surface area (Å²) in [7, 11) is 0. The van der Waals surface area contributed by atoms with E-state index in [0.717, 1.165) is 37.7 Å². The zero-order chi connectivity index (χ0) is 13.4. The number of hydrogen-bond acceptors (Lipinski definition) is 4. The van der Waals surface area contributed by atoms with Crippen molar-refractivity contribution in [3.63, 3.8) is 0 Å². The first kappa shape index (κ1) is 12.1. The highest BCUT2D eigenvalue weighted by atomic mass is 16.5. The zero-order valence-corrected chi connectivity index (χ0v) is 11.4. The highest BCUT2D eigenvalue weighted by Crippen LogP contribution is 2.35. The predicted molar refractivity (Wildman–Crippen MR) is 73.7 cm³/mol. The molecule has 0 N–H and O–H groups in total. The lowest BCUT2D eigenvalue weighted by Gasteiger charge is -2.08. The molecule has 104 valence electrons. The lowest BCUT2D eigenvalue weighted by molar-refractivity contribution is 0.190. The normalized spacial score (nSPS) is 25.0. The molecule has 4 rings (SSSR count). The quantitative estimate of drug-likeness (QED) is 0.860. The molecular weight excluding hydrogens is 252 g/mol. The molecule has 0 spiro atoms. The summed E-state index contributed by atoms with van der Waals surface area (Å²) in [6.45, 7) is 1.52. The predicted octanol–water partition coefficient (Wildman–Crippen LogP) is 2.85. The highest BCUT2D eigenvalue weighted by Gasteiger charge is 2.27. The molecule has 0 radical (unpaired) electrons. The number of aromatic nitrogens is 2. The molecule has 1 fully saturated rings. The summed E-state index contributed by atoms with van der Waals surface area (Å²) < 4.78 is 11.2. The standard InChI is InChI=1S/C16H18N2O2/c1-2-4-14-11(3-1)5-6-12(14)9-15-17-18-16(20-15)13-7-8-19-10-13/h1-4,12-13H,5-10H2/t12-,13-/m0/s1. The van der Waals surface area contributed by atoms with Crippen molar-refractivity contribution in [1.29, 1.82) is 0 Å². The molecule has 0 amide bonds. The maximum atomic E-state index is 5.84. The van der Waals surface area contributed by atoms with Gasteiger partial charge in [-0.25, -0.2) is 0 Å². The fourth-order valence-electron chi connectivity index (χ4n) is 3.31. The van der Waals surface area contributed by atoms with Gasteiger partial charge < -0.3 is 9.15 Å². The summed E-state index contributed by atoms with van der Waals surface area (Å²) >= 11 is 0. The monoisotopic (exact) mass is 270 g/mol. The van der Waals surface area contributed by atoms with Gasteiger partial charge >= 0.3 is 0 Å². The lowest BCUT2D eigenvalue weighted by atomic mass is 9.98. The Morgan fingerprint density at radius 2 is 2.10 bits per heavy atom. The molecule has 2 heterocycles. The van der Waals surface area contributed by atoms with Gasteiger partial charge in [0.15, 0.2) is 0 Å². The van der Waals surface area contributed by atoms with Crippen LogP contribution in [0.1, 0.15) is 47.6 Å². The molecule has 4 heteroatoms. The fraction of sp³-hybridized carbons (Fsp3) is 0.500. The van der Waals surface area contributed by atoms with Crippen LogP contribution in [0.3, 0.4) is 0 Å². The van der Waals surface area contributed by atoms with Crippen molar-refractivity contribution >= 4 is 0 Å². The maximum Gasteiger partial charge on any atom is 0.222 e. The van der Waals surface area contributed by atoms with E-state index < -0.39 is 0 Å². The van der Waals surface area contributed by atoms with Gasteiger partial charge in [-0.2, -0.15) is 0 Å². The van der Waals surface area contributed by atoms with Crippen LogP contribution < -0.4 is 0 Å². The van der Waals surface area contributed by atoms with Crippen LogP contribution in [0.25, 0.3) is 0 Å². The first-order valence-electron chi connectivity index (χ1n) is 7.38. The molecule has 0 bridgehead atoms. The summed E-state index contributed by atoms with van der Waals surface area (Å²) in [6, 6.07) is 8.69. The van der Waals surface area contributed by atoms with E-state index in [1.807, 2.05) is 0 Å². The Hall–Kier alpha value is -1.68. The Bertz CT molecular complexity index is 602. The van der Waals surface area contributed by atoms with Crippen molar-refractivity contribution < 1.29 is 9.15 Å². The van der Waals surface area contributed by atoms with Crippen LogP contribution in [0.4, 0.5) is 0 Å². The molecule has 1 aliphatic heterocycles. The van der Waals surface area contributed by atoms with Gasteiger partial charge in [-0.15, -0.1) is 10.2 Å². The van der Waals surface area contributed by atoms with E-state index >= 15 is 0 Å². The van der Waals surface area contributed by atoms with Gasteiger partial charge in [-0.3, -0.25) is 0 Å². The van der Waals surface area contributed by atoms with E-state index in [1.54, 1.807) is 0 Å². The van der Waals surface area contributed by atoms with E-state index in [4.69, 9.17) is 9.15 Å². The number of ether oxygens (including phenoxy) is 1. The maximum absolute atomic E-state index is 5.84. The van der Waals surface area contributed by atoms with Crippen LogP contribution in [-0.2, 0) is 17.6 Å². The van der Waals surface area contributed by atoms with Gasteiger partial charge in [-0.1, -0.05) is 24.3 Å². The number of benzene rings is 1. The van der Waals surface area contributed by atoms with Gasteiger partial charge in [0.1, 0.15) is 0 Å². The lowest BCUT2D eigenvalue weighted by Crippen LogP contribution is -1.99. The van der Waals surface area contributed by atoms with Crippen molar-refractivity contribution in [2.45, 2.75) is 37.5 Å². The van der Waals surface area contributed by atoms with Gasteiger partial charge in [-0.05, 0) is 36.3 Å². The third kappa shape index (κ3) is 2.14. The Morgan fingerprint density at radius 3 is 3.00 bits per heavy atom. The fourth-order valence-corrected chi connectivity index (χ4v) is 3.31. The Balaban J connectivity index is 1.50. The second kappa shape index (κ2) is 5.02. The Morgan fingerprint density at radius 1 is 1.15 bits per heavy atom. The van der Waals surface area contributed by atoms with Crippen LogP contribution in [0.15, 0.2) is 28.7 Å². The number of aryl methyl sites for hydroxylation is 1. The second-order valence-electron chi connectivity index (χ2n) is 5.73. The smallest absolute Gasteiger partial charge is 0.222 e. The van der Waals surface area contributed by atoms with Gasteiger partial charge in [0, 0.05) is 13.0 Å². The van der Waals surface area contributed by atoms with E-state index in [-0.39, 0.29) is 0 Å². The largest absolute Gasteiger partial charge is 0.425 e. The SMILES string of the molecule is c1ccc2c(c1)CC[C@H]2Cc1nnc([C@H]2CCOC2)o1. The van der Waals surface area contributed by atoms with E-state index in [1.165, 1.54) is 17.5 Å². The first-order chi connectivity index (χ1) is 9.90. The molecule has 2 atom stereocenters. The van der Waals surface area contributed by atoms with Crippen LogP contribution in [-0.4, -0.2) is 23.4 Å². The van der Waals surface area contributed by atoms with Gasteiger partial charge in [0.2, 0.25) is 11.8 Å². The van der Waals surface area contributed by atoms with Crippen molar-refractivity contribution in [3.05, 3.63) is 47.2 Å². The van der Waals surface area contributed by atoms with Crippen molar-refractivity contribution in [3.8, 4) is 0 Å². The third-order valence-corrected chi connectivity index (χ3v) is 4.44. The first-order valence-corrected chi connectivity index (χ1v) is 7.38. The number of hydrogen-bond donors (Lipinski definition) is 0. The molecule has 2 aromatic rings. The van der Waals surface area contributed by atoms with E-state index in [9.17, 15) is 0 Å². The molecule has 1 aromatic heterocycles. The summed E-state index contributed by atoms with van der Waals surface area (Å²) in [5.41, 5.74) is 2.93. The van der Waals surface area contributed by atoms with Crippen molar-refractivity contribution in [2.75, 3.05) is 13.2 Å². The zero-order valence-electron chi connectivity index (χ0n) is 11.4. The van der Waals surface area contributed by atoms with Gasteiger partial charge in [0.25, 0.3) is 0 Å². The Kier molecular flexibility index (Phi) is 3.03. The molecular formula is C16H18N2O2. The second-order valence-corrected chi connectivity index (χ2v) is 5.73. The summed E-state index contributed by atoms with van der Waals surface area (Å²) in [5.74, 6) is 2.35. The molecule has 0 unspecified atom stereocenters. The van der Waals surface area contributed by atoms with E-state index in [0.29, 0.717) is 18.4 Å². The molecule has 1 aromatic carbocycles. The average molecular weight is 270 g/mol. The average Bonchev–Trinajstić information content (AvgIpc) is 3.19. The minimum atomic E-state index is 0.298. The summed E-state index contributed by atoms with van der Waals surface area (Å²) in [4.78, 5) is 0. The highest BCUT2D eigenvalue weighted by molar-refractivity contribution is 5.35. The Labute approximate surface area is 118 Å². The van der Waals surface area contributed by atoms with Gasteiger partial charge in [0.05, 0.1) is 12.5 Å². The van der Waals surface area contributed by atoms with Crippen molar-refractivity contribution in [1.82, 2.24) is 10.2 Å². The summed E-state index contributed by atoms with van der Waals surface area (Å²) in [6.07, 6.45) is 4.20. The number of fused-ring (bicyclic) bond motifs is 1. The van der Waals surface area contributed by atoms with Crippen LogP contribution >= 0.6 is 0 Å². The topological polar surface area (TPSA) is 48.2 Å². The molecule has 2 aliphatic rings. The molecule has 4 nitrogen and oxygen atoms in total. The van der Waals surface area contributed by atoms with Crippen LogP contribution in [0, 0.1) is 0 Å². The van der Waals surface area contributed by atoms with E-state index in [2.05, 4.69) is 34.5 Å². The molecule has 1 aliphatic carbocycles. The number of nitrogens with zero attached hydrogens (tertiary/aromatic N) is 2. The van der Waals surface area contributed by atoms with Crippen molar-refractivity contribution in [2.24, 2.45) is 0 Å². The van der Waals surface area contributed by atoms with Crippen LogP contribution in [0.5, 0.6) is 0 Å². The molecule has 20 heavy (non-hydrogen) atoms. The molecule has 0 saturated carbocycles. The summed E-state index contributed by atoms with van der Waals surface area (Å²) in [5, 5.41) is 8.42. The minimum Gasteiger partial charge on any atom is -0.425 e.